The minimum Gasteiger partial charge on any atom is -0.497 e. The Balaban J connectivity index is 2.00. The number of rotatable bonds is 4. The van der Waals surface area contributed by atoms with E-state index in [1.54, 1.807) is 7.11 Å². The summed E-state index contributed by atoms with van der Waals surface area (Å²) in [5.41, 5.74) is 0. The maximum atomic E-state index is 5.68. The van der Waals surface area contributed by atoms with Crippen molar-refractivity contribution in [2.45, 2.75) is 19.1 Å². The summed E-state index contributed by atoms with van der Waals surface area (Å²) in [5.74, 6) is 1.64. The Morgan fingerprint density at radius 1 is 1.43 bits per heavy atom. The van der Waals surface area contributed by atoms with Crippen molar-refractivity contribution in [1.29, 1.82) is 0 Å². The quantitative estimate of drug-likeness (QED) is 0.685. The van der Waals surface area contributed by atoms with Crippen molar-refractivity contribution < 1.29 is 14.2 Å². The smallest absolute Gasteiger partial charge is 0.124 e. The predicted octanol–water partition coefficient (Wildman–Crippen LogP) is 1.86. The monoisotopic (exact) mass is 194 g/mol. The van der Waals surface area contributed by atoms with Crippen molar-refractivity contribution in [3.63, 3.8) is 0 Å². The van der Waals surface area contributed by atoms with E-state index in [2.05, 4.69) is 0 Å². The first-order valence-corrected chi connectivity index (χ1v) is 4.72. The van der Waals surface area contributed by atoms with Crippen molar-refractivity contribution >= 4 is 0 Å². The van der Waals surface area contributed by atoms with Gasteiger partial charge in [-0.25, -0.2) is 0 Å². The summed E-state index contributed by atoms with van der Waals surface area (Å²) in [6.45, 7) is 2.82. The van der Waals surface area contributed by atoms with E-state index in [-0.39, 0.29) is 12.2 Å². The van der Waals surface area contributed by atoms with E-state index in [9.17, 15) is 0 Å². The van der Waals surface area contributed by atoms with Crippen LogP contribution in [0.5, 0.6) is 11.5 Å². The Bertz CT molecular complexity index is 307. The molecular weight excluding hydrogens is 180 g/mol. The van der Waals surface area contributed by atoms with Gasteiger partial charge in [0, 0.05) is 6.07 Å². The summed E-state index contributed by atoms with van der Waals surface area (Å²) < 4.78 is 15.9. The van der Waals surface area contributed by atoms with Crippen LogP contribution in [0.15, 0.2) is 24.3 Å². The molecule has 0 radical (unpaired) electrons. The number of hydrogen-bond acceptors (Lipinski definition) is 3. The summed E-state index contributed by atoms with van der Waals surface area (Å²) in [6.07, 6.45) is 0.378. The predicted molar refractivity (Wildman–Crippen MR) is 52.8 cm³/mol. The van der Waals surface area contributed by atoms with E-state index in [1.165, 1.54) is 0 Å². The molecule has 1 aliphatic heterocycles. The first kappa shape index (κ1) is 9.34. The number of methoxy groups -OCH3 is 1. The van der Waals surface area contributed by atoms with Crippen LogP contribution in [0.1, 0.15) is 6.92 Å². The molecule has 0 aliphatic carbocycles. The molecule has 2 rings (SSSR count). The zero-order valence-electron chi connectivity index (χ0n) is 8.40. The van der Waals surface area contributed by atoms with Crippen LogP contribution >= 0.6 is 0 Å². The van der Waals surface area contributed by atoms with Gasteiger partial charge in [0.2, 0.25) is 0 Å². The second-order valence-corrected chi connectivity index (χ2v) is 3.37. The molecule has 1 aromatic rings. The molecule has 1 aliphatic rings. The van der Waals surface area contributed by atoms with Crippen LogP contribution in [0.3, 0.4) is 0 Å². The summed E-state index contributed by atoms with van der Waals surface area (Å²) in [6, 6.07) is 7.60. The summed E-state index contributed by atoms with van der Waals surface area (Å²) in [5, 5.41) is 0. The highest BCUT2D eigenvalue weighted by Gasteiger charge is 2.30. The van der Waals surface area contributed by atoms with Crippen LogP contribution in [0.25, 0.3) is 0 Å². The highest BCUT2D eigenvalue weighted by molar-refractivity contribution is 5.33. The number of hydrogen-bond donors (Lipinski definition) is 0. The molecule has 76 valence electrons. The van der Waals surface area contributed by atoms with Gasteiger partial charge in [0.15, 0.2) is 0 Å². The molecule has 0 saturated carbocycles. The van der Waals surface area contributed by atoms with Gasteiger partial charge in [0.25, 0.3) is 0 Å². The van der Waals surface area contributed by atoms with Crippen LogP contribution in [0.2, 0.25) is 0 Å². The van der Waals surface area contributed by atoms with Gasteiger partial charge in [-0.3, -0.25) is 0 Å². The molecule has 0 unspecified atom stereocenters. The zero-order valence-corrected chi connectivity index (χ0v) is 8.40. The van der Waals surface area contributed by atoms with Crippen molar-refractivity contribution in [3.8, 4) is 11.5 Å². The lowest BCUT2D eigenvalue weighted by molar-refractivity contribution is 0.176. The highest BCUT2D eigenvalue weighted by atomic mass is 16.6. The average Bonchev–Trinajstić information content (AvgIpc) is 3.01. The molecule has 0 aromatic heterocycles. The molecule has 1 fully saturated rings. The molecule has 1 aromatic carbocycles. The lowest BCUT2D eigenvalue weighted by atomic mass is 10.3. The van der Waals surface area contributed by atoms with Crippen LogP contribution in [0, 0.1) is 0 Å². The number of ether oxygens (including phenoxy) is 3. The van der Waals surface area contributed by atoms with Crippen LogP contribution in [-0.4, -0.2) is 25.9 Å². The van der Waals surface area contributed by atoms with Gasteiger partial charge in [-0.15, -0.1) is 0 Å². The van der Waals surface area contributed by atoms with E-state index in [0.29, 0.717) is 0 Å². The molecule has 2 atom stereocenters. The Morgan fingerprint density at radius 3 is 2.79 bits per heavy atom. The molecule has 3 nitrogen and oxygen atoms in total. The standard InChI is InChI=1S/C11H14O3/c1-8(11-7-13-11)14-10-5-3-4-9(6-10)12-2/h3-6,8,11H,7H2,1-2H3/t8-,11+/m0/s1. The van der Waals surface area contributed by atoms with Crippen LogP contribution < -0.4 is 9.47 Å². The van der Waals surface area contributed by atoms with Gasteiger partial charge in [-0.05, 0) is 19.1 Å². The first-order valence-electron chi connectivity index (χ1n) is 4.72. The summed E-state index contributed by atoms with van der Waals surface area (Å²) >= 11 is 0. The molecule has 0 spiro atoms. The fourth-order valence-electron chi connectivity index (χ4n) is 1.29. The van der Waals surface area contributed by atoms with Gasteiger partial charge in [-0.1, -0.05) is 6.07 Å². The zero-order chi connectivity index (χ0) is 9.97. The van der Waals surface area contributed by atoms with Gasteiger partial charge >= 0.3 is 0 Å². The minimum atomic E-state index is 0.113. The molecule has 3 heteroatoms. The fraction of sp³-hybridized carbons (Fsp3) is 0.455. The molecule has 0 bridgehead atoms. The average molecular weight is 194 g/mol. The van der Waals surface area contributed by atoms with Crippen LogP contribution in [-0.2, 0) is 4.74 Å². The van der Waals surface area contributed by atoms with E-state index in [0.717, 1.165) is 18.1 Å². The molecule has 14 heavy (non-hydrogen) atoms. The third kappa shape index (κ3) is 2.17. The SMILES string of the molecule is COc1cccc(O[C@@H](C)[C@H]2CO2)c1. The van der Waals surface area contributed by atoms with E-state index in [4.69, 9.17) is 14.2 Å². The fourth-order valence-corrected chi connectivity index (χ4v) is 1.29. The Hall–Kier alpha value is -1.22. The molecule has 0 amide bonds. The van der Waals surface area contributed by atoms with Gasteiger partial charge in [-0.2, -0.15) is 0 Å². The van der Waals surface area contributed by atoms with Crippen molar-refractivity contribution in [2.75, 3.05) is 13.7 Å². The van der Waals surface area contributed by atoms with Gasteiger partial charge < -0.3 is 14.2 Å². The largest absolute Gasteiger partial charge is 0.497 e. The lowest BCUT2D eigenvalue weighted by Gasteiger charge is -2.12. The topological polar surface area (TPSA) is 31.0 Å². The summed E-state index contributed by atoms with van der Waals surface area (Å²) in [4.78, 5) is 0. The van der Waals surface area contributed by atoms with E-state index < -0.39 is 0 Å². The highest BCUT2D eigenvalue weighted by Crippen LogP contribution is 2.23. The third-order valence-corrected chi connectivity index (χ3v) is 2.25. The molecule has 0 N–H and O–H groups in total. The summed E-state index contributed by atoms with van der Waals surface area (Å²) in [7, 11) is 1.65. The molecular formula is C11H14O3. The van der Waals surface area contributed by atoms with E-state index in [1.807, 2.05) is 31.2 Å². The maximum absolute atomic E-state index is 5.68. The second-order valence-electron chi connectivity index (χ2n) is 3.37. The van der Waals surface area contributed by atoms with Crippen molar-refractivity contribution in [3.05, 3.63) is 24.3 Å². The lowest BCUT2D eigenvalue weighted by Crippen LogP contribution is -2.18. The minimum absolute atomic E-state index is 0.113. The van der Waals surface area contributed by atoms with Crippen molar-refractivity contribution in [2.24, 2.45) is 0 Å². The first-order chi connectivity index (χ1) is 6.79. The van der Waals surface area contributed by atoms with E-state index >= 15 is 0 Å². The van der Waals surface area contributed by atoms with Crippen molar-refractivity contribution in [1.82, 2.24) is 0 Å². The molecule has 1 saturated heterocycles. The number of benzene rings is 1. The Morgan fingerprint density at radius 2 is 2.14 bits per heavy atom. The van der Waals surface area contributed by atoms with Crippen LogP contribution in [0.4, 0.5) is 0 Å². The second kappa shape index (κ2) is 3.88. The maximum Gasteiger partial charge on any atom is 0.124 e. The Labute approximate surface area is 83.6 Å². The normalized spacial score (nSPS) is 21.4. The Kier molecular flexibility index (Phi) is 2.59. The number of epoxide rings is 1. The third-order valence-electron chi connectivity index (χ3n) is 2.25. The molecule has 1 heterocycles. The van der Waals surface area contributed by atoms with Gasteiger partial charge in [0.1, 0.15) is 23.7 Å². The van der Waals surface area contributed by atoms with Gasteiger partial charge in [0.05, 0.1) is 13.7 Å².